The standard InChI is InChI=1S/C22H28O6/c1-11(23)28-16-7-8-22(6)13-10-15(24)14(21(4,5)27)9-12(13)17(25)18(26)19(22)20(16,2)3/h9-10,16,24,26-27H,7-8H2,1-6H3. The number of aromatic hydroxyl groups is 1. The van der Waals surface area contributed by atoms with Crippen molar-refractivity contribution in [2.75, 3.05) is 0 Å². The van der Waals surface area contributed by atoms with E-state index in [1.54, 1.807) is 0 Å². The van der Waals surface area contributed by atoms with Crippen LogP contribution in [0.15, 0.2) is 23.5 Å². The van der Waals surface area contributed by atoms with Crippen LogP contribution >= 0.6 is 0 Å². The number of aliphatic hydroxyl groups is 2. The maximum absolute atomic E-state index is 13.0. The molecule has 0 bridgehead atoms. The molecule has 2 aliphatic carbocycles. The van der Waals surface area contributed by atoms with Gasteiger partial charge in [0.2, 0.25) is 5.78 Å². The number of ketones is 1. The van der Waals surface area contributed by atoms with Gasteiger partial charge >= 0.3 is 5.97 Å². The van der Waals surface area contributed by atoms with Crippen molar-refractivity contribution in [2.45, 2.75) is 71.5 Å². The molecule has 2 aliphatic rings. The SMILES string of the molecule is CC(=O)OC1CCC2(C)C(=C(O)C(=O)c3cc(C(C)(C)O)c(O)cc32)C1(C)C. The maximum Gasteiger partial charge on any atom is 0.302 e. The third-order valence-corrected chi connectivity index (χ3v) is 6.30. The van der Waals surface area contributed by atoms with Crippen molar-refractivity contribution in [3.05, 3.63) is 40.2 Å². The minimum Gasteiger partial charge on any atom is -0.508 e. The molecular weight excluding hydrogens is 360 g/mol. The molecule has 0 heterocycles. The number of allylic oxidation sites excluding steroid dienone is 1. The monoisotopic (exact) mass is 388 g/mol. The number of phenols is 1. The van der Waals surface area contributed by atoms with Crippen molar-refractivity contribution in [1.29, 1.82) is 0 Å². The molecule has 1 aromatic carbocycles. The Kier molecular flexibility index (Phi) is 4.43. The van der Waals surface area contributed by atoms with Crippen molar-refractivity contribution < 1.29 is 29.6 Å². The summed E-state index contributed by atoms with van der Waals surface area (Å²) >= 11 is 0. The lowest BCUT2D eigenvalue weighted by molar-refractivity contribution is -0.153. The van der Waals surface area contributed by atoms with E-state index >= 15 is 0 Å². The van der Waals surface area contributed by atoms with E-state index in [2.05, 4.69) is 0 Å². The van der Waals surface area contributed by atoms with Gasteiger partial charge in [-0.2, -0.15) is 0 Å². The zero-order chi connectivity index (χ0) is 21.2. The highest BCUT2D eigenvalue weighted by atomic mass is 16.5. The summed E-state index contributed by atoms with van der Waals surface area (Å²) in [6, 6.07) is 2.99. The van der Waals surface area contributed by atoms with E-state index in [9.17, 15) is 24.9 Å². The first-order valence-corrected chi connectivity index (χ1v) is 9.47. The fraction of sp³-hybridized carbons (Fsp3) is 0.545. The summed E-state index contributed by atoms with van der Waals surface area (Å²) in [6.45, 7) is 10.0. The number of carbonyl (C=O) groups excluding carboxylic acids is 2. The van der Waals surface area contributed by atoms with Gasteiger partial charge in [-0.25, -0.2) is 0 Å². The van der Waals surface area contributed by atoms with Gasteiger partial charge < -0.3 is 20.1 Å². The summed E-state index contributed by atoms with van der Waals surface area (Å²) in [4.78, 5) is 24.6. The molecule has 1 fully saturated rings. The molecule has 1 saturated carbocycles. The minimum absolute atomic E-state index is 0.0964. The molecule has 3 rings (SSSR count). The fourth-order valence-electron chi connectivity index (χ4n) is 4.98. The van der Waals surface area contributed by atoms with Crippen LogP contribution in [0.4, 0.5) is 0 Å². The number of ether oxygens (including phenoxy) is 1. The fourth-order valence-corrected chi connectivity index (χ4v) is 4.98. The second-order valence-electron chi connectivity index (χ2n) is 9.22. The topological polar surface area (TPSA) is 104 Å². The Labute approximate surface area is 164 Å². The molecule has 0 amide bonds. The number of benzene rings is 1. The highest BCUT2D eigenvalue weighted by Gasteiger charge is 2.55. The average Bonchev–Trinajstić information content (AvgIpc) is 2.54. The normalized spacial score (nSPS) is 26.5. The number of fused-ring (bicyclic) bond motifs is 3. The summed E-state index contributed by atoms with van der Waals surface area (Å²) in [5.74, 6) is -1.40. The van der Waals surface area contributed by atoms with E-state index in [1.165, 1.54) is 32.9 Å². The van der Waals surface area contributed by atoms with E-state index in [-0.39, 0.29) is 22.6 Å². The molecule has 3 N–H and O–H groups in total. The summed E-state index contributed by atoms with van der Waals surface area (Å²) < 4.78 is 5.48. The van der Waals surface area contributed by atoms with Crippen LogP contribution in [0.1, 0.15) is 75.9 Å². The molecule has 0 spiro atoms. The van der Waals surface area contributed by atoms with Crippen LogP contribution in [0.2, 0.25) is 0 Å². The van der Waals surface area contributed by atoms with Gasteiger partial charge in [-0.3, -0.25) is 9.59 Å². The molecule has 2 unspecified atom stereocenters. The lowest BCUT2D eigenvalue weighted by Crippen LogP contribution is -2.50. The van der Waals surface area contributed by atoms with Crippen molar-refractivity contribution in [2.24, 2.45) is 5.41 Å². The summed E-state index contributed by atoms with van der Waals surface area (Å²) in [5, 5.41) is 31.8. The zero-order valence-electron chi connectivity index (χ0n) is 17.2. The van der Waals surface area contributed by atoms with E-state index in [0.29, 0.717) is 24.0 Å². The smallest absolute Gasteiger partial charge is 0.302 e. The second-order valence-corrected chi connectivity index (χ2v) is 9.22. The Hall–Kier alpha value is -2.34. The highest BCUT2D eigenvalue weighted by Crippen LogP contribution is 2.57. The third-order valence-electron chi connectivity index (χ3n) is 6.30. The highest BCUT2D eigenvalue weighted by molar-refractivity contribution is 6.11. The number of rotatable bonds is 2. The van der Waals surface area contributed by atoms with Gasteiger partial charge in [-0.1, -0.05) is 20.8 Å². The lowest BCUT2D eigenvalue weighted by atomic mass is 9.53. The van der Waals surface area contributed by atoms with E-state index in [1.807, 2.05) is 20.8 Å². The summed E-state index contributed by atoms with van der Waals surface area (Å²) in [5.41, 5.74) is -1.17. The van der Waals surface area contributed by atoms with Crippen LogP contribution in [0.3, 0.4) is 0 Å². The van der Waals surface area contributed by atoms with Crippen molar-refractivity contribution >= 4 is 11.8 Å². The maximum atomic E-state index is 13.0. The molecule has 0 radical (unpaired) electrons. The number of aliphatic hydroxyl groups excluding tert-OH is 1. The van der Waals surface area contributed by atoms with E-state index in [4.69, 9.17) is 4.74 Å². The number of phenolic OH excluding ortho intramolecular Hbond substituents is 1. The van der Waals surface area contributed by atoms with Gasteiger partial charge in [-0.05, 0) is 50.0 Å². The third kappa shape index (κ3) is 2.82. The van der Waals surface area contributed by atoms with Gasteiger partial charge in [0.05, 0.1) is 5.60 Å². The molecular formula is C22H28O6. The first kappa shape index (κ1) is 20.4. The van der Waals surface area contributed by atoms with Crippen molar-refractivity contribution in [1.82, 2.24) is 0 Å². The van der Waals surface area contributed by atoms with Gasteiger partial charge in [0.25, 0.3) is 0 Å². The molecule has 0 aromatic heterocycles. The Bertz CT molecular complexity index is 902. The van der Waals surface area contributed by atoms with Gasteiger partial charge in [0, 0.05) is 28.9 Å². The molecule has 6 heteroatoms. The first-order valence-electron chi connectivity index (χ1n) is 9.47. The predicted molar refractivity (Wildman–Crippen MR) is 103 cm³/mol. The Morgan fingerprint density at radius 1 is 1.21 bits per heavy atom. The van der Waals surface area contributed by atoms with Crippen LogP contribution < -0.4 is 0 Å². The summed E-state index contributed by atoms with van der Waals surface area (Å²) in [6.07, 6.45) is 0.630. The van der Waals surface area contributed by atoms with Crippen LogP contribution in [0, 0.1) is 5.41 Å². The Morgan fingerprint density at radius 3 is 2.36 bits per heavy atom. The number of hydrogen-bond acceptors (Lipinski definition) is 6. The van der Waals surface area contributed by atoms with E-state index < -0.39 is 34.3 Å². The molecule has 152 valence electrons. The van der Waals surface area contributed by atoms with E-state index in [0.717, 1.165) is 0 Å². The van der Waals surface area contributed by atoms with Gasteiger partial charge in [-0.15, -0.1) is 0 Å². The number of carbonyl (C=O) groups is 2. The Balaban J connectivity index is 2.24. The van der Waals surface area contributed by atoms with Crippen LogP contribution in [0.25, 0.3) is 0 Å². The molecule has 0 saturated heterocycles. The van der Waals surface area contributed by atoms with Crippen molar-refractivity contribution in [3.8, 4) is 5.75 Å². The lowest BCUT2D eigenvalue weighted by Gasteiger charge is -2.52. The summed E-state index contributed by atoms with van der Waals surface area (Å²) in [7, 11) is 0. The first-order chi connectivity index (χ1) is 12.7. The van der Waals surface area contributed by atoms with Crippen LogP contribution in [-0.4, -0.2) is 33.2 Å². The second kappa shape index (κ2) is 6.08. The molecule has 28 heavy (non-hydrogen) atoms. The zero-order valence-corrected chi connectivity index (χ0v) is 17.2. The molecule has 2 atom stereocenters. The predicted octanol–water partition coefficient (Wildman–Crippen LogP) is 3.64. The minimum atomic E-state index is -1.34. The van der Waals surface area contributed by atoms with Gasteiger partial charge in [0.15, 0.2) is 5.76 Å². The number of hydrogen-bond donors (Lipinski definition) is 3. The quantitative estimate of drug-likeness (QED) is 0.668. The molecule has 0 aliphatic heterocycles. The van der Waals surface area contributed by atoms with Gasteiger partial charge in [0.1, 0.15) is 11.9 Å². The van der Waals surface area contributed by atoms with Crippen LogP contribution in [-0.2, 0) is 20.5 Å². The number of esters is 1. The number of Topliss-reactive ketones (excluding diaryl/α,β-unsaturated/α-hetero) is 1. The van der Waals surface area contributed by atoms with Crippen LogP contribution in [0.5, 0.6) is 5.75 Å². The molecule has 6 nitrogen and oxygen atoms in total. The van der Waals surface area contributed by atoms with Crippen molar-refractivity contribution in [3.63, 3.8) is 0 Å². The average molecular weight is 388 g/mol. The molecule has 1 aromatic rings. The largest absolute Gasteiger partial charge is 0.508 e. The Morgan fingerprint density at radius 2 is 1.82 bits per heavy atom.